The summed E-state index contributed by atoms with van der Waals surface area (Å²) < 4.78 is 13.5. The van der Waals surface area contributed by atoms with Gasteiger partial charge in [-0.2, -0.15) is 5.26 Å². The van der Waals surface area contributed by atoms with Gasteiger partial charge in [0.2, 0.25) is 0 Å². The number of rotatable bonds is 3. The highest BCUT2D eigenvalue weighted by molar-refractivity contribution is 5.40. The van der Waals surface area contributed by atoms with Gasteiger partial charge in [0.05, 0.1) is 5.56 Å². The summed E-state index contributed by atoms with van der Waals surface area (Å²) >= 11 is 0. The smallest absolute Gasteiger partial charge is 0.129 e. The van der Waals surface area contributed by atoms with Gasteiger partial charge in [-0.15, -0.1) is 0 Å². The number of hydrogen-bond donors (Lipinski definition) is 1. The fourth-order valence-electron chi connectivity index (χ4n) is 1.89. The summed E-state index contributed by atoms with van der Waals surface area (Å²) in [5, 5.41) is 11.8. The maximum absolute atomic E-state index is 13.5. The van der Waals surface area contributed by atoms with Crippen molar-refractivity contribution in [2.45, 2.75) is 20.4 Å². The van der Waals surface area contributed by atoms with Gasteiger partial charge in [-0.1, -0.05) is 12.1 Å². The molecule has 1 heterocycles. The maximum atomic E-state index is 13.5. The first-order valence-electron chi connectivity index (χ1n) is 5.96. The second kappa shape index (κ2) is 5.49. The second-order valence-electron chi connectivity index (χ2n) is 4.44. The third kappa shape index (κ3) is 3.08. The summed E-state index contributed by atoms with van der Waals surface area (Å²) in [4.78, 5) is 4.12. The summed E-state index contributed by atoms with van der Waals surface area (Å²) in [5.41, 5.74) is 2.82. The first-order valence-corrected chi connectivity index (χ1v) is 5.96. The van der Waals surface area contributed by atoms with E-state index in [-0.39, 0.29) is 5.82 Å². The Morgan fingerprint density at radius 1 is 1.26 bits per heavy atom. The van der Waals surface area contributed by atoms with Crippen LogP contribution in [0.4, 0.5) is 10.2 Å². The second-order valence-corrected chi connectivity index (χ2v) is 4.44. The zero-order chi connectivity index (χ0) is 13.8. The first-order chi connectivity index (χ1) is 9.10. The molecule has 1 aromatic carbocycles. The van der Waals surface area contributed by atoms with Crippen LogP contribution in [0.5, 0.6) is 0 Å². The Labute approximate surface area is 111 Å². The van der Waals surface area contributed by atoms with Crippen LogP contribution in [-0.2, 0) is 6.54 Å². The lowest BCUT2D eigenvalue weighted by Crippen LogP contribution is -2.03. The number of anilines is 1. The number of benzene rings is 1. The van der Waals surface area contributed by atoms with Gasteiger partial charge in [-0.3, -0.25) is 0 Å². The van der Waals surface area contributed by atoms with Crippen molar-refractivity contribution in [1.82, 2.24) is 4.98 Å². The van der Waals surface area contributed by atoms with E-state index in [4.69, 9.17) is 5.26 Å². The van der Waals surface area contributed by atoms with Crippen LogP contribution in [-0.4, -0.2) is 4.98 Å². The standard InChI is InChI=1S/C15H14FN3/c1-10-5-13(6-11(2)15(10)16)9-19-14-4-3-12(7-17)8-18-14/h3-6,8H,9H2,1-2H3,(H,18,19). The van der Waals surface area contributed by atoms with Crippen molar-refractivity contribution >= 4 is 5.82 Å². The quantitative estimate of drug-likeness (QED) is 0.915. The van der Waals surface area contributed by atoms with Crippen molar-refractivity contribution in [2.24, 2.45) is 0 Å². The third-order valence-corrected chi connectivity index (χ3v) is 2.86. The molecule has 4 heteroatoms. The lowest BCUT2D eigenvalue weighted by atomic mass is 10.1. The average Bonchev–Trinajstić information content (AvgIpc) is 2.43. The number of nitrogens with one attached hydrogen (secondary N) is 1. The molecule has 0 unspecified atom stereocenters. The Morgan fingerprint density at radius 3 is 2.47 bits per heavy atom. The van der Waals surface area contributed by atoms with E-state index in [1.54, 1.807) is 26.0 Å². The first kappa shape index (κ1) is 13.0. The zero-order valence-corrected chi connectivity index (χ0v) is 10.9. The van der Waals surface area contributed by atoms with Crippen LogP contribution in [0.2, 0.25) is 0 Å². The molecule has 0 amide bonds. The monoisotopic (exact) mass is 255 g/mol. The number of hydrogen-bond acceptors (Lipinski definition) is 3. The minimum absolute atomic E-state index is 0.153. The number of nitrogens with zero attached hydrogens (tertiary/aromatic N) is 2. The van der Waals surface area contributed by atoms with Gasteiger partial charge < -0.3 is 5.32 Å². The molecule has 3 nitrogen and oxygen atoms in total. The Bertz CT molecular complexity index is 604. The molecule has 0 fully saturated rings. The Kier molecular flexibility index (Phi) is 3.76. The van der Waals surface area contributed by atoms with Gasteiger partial charge in [0.1, 0.15) is 17.7 Å². The number of halogens is 1. The molecule has 0 atom stereocenters. The van der Waals surface area contributed by atoms with E-state index in [0.29, 0.717) is 29.1 Å². The van der Waals surface area contributed by atoms with Crippen molar-refractivity contribution in [3.63, 3.8) is 0 Å². The van der Waals surface area contributed by atoms with Crippen molar-refractivity contribution < 1.29 is 4.39 Å². The minimum Gasteiger partial charge on any atom is -0.366 e. The van der Waals surface area contributed by atoms with Crippen LogP contribution < -0.4 is 5.32 Å². The van der Waals surface area contributed by atoms with Crippen LogP contribution in [0.15, 0.2) is 30.5 Å². The summed E-state index contributed by atoms with van der Waals surface area (Å²) in [5.74, 6) is 0.541. The predicted molar refractivity (Wildman–Crippen MR) is 72.2 cm³/mol. The predicted octanol–water partition coefficient (Wildman–Crippen LogP) is 3.32. The topological polar surface area (TPSA) is 48.7 Å². The molecule has 1 aromatic heterocycles. The minimum atomic E-state index is -0.153. The van der Waals surface area contributed by atoms with Crippen LogP contribution in [0.25, 0.3) is 0 Å². The fraction of sp³-hybridized carbons (Fsp3) is 0.200. The molecule has 0 saturated carbocycles. The van der Waals surface area contributed by atoms with E-state index in [9.17, 15) is 4.39 Å². The van der Waals surface area contributed by atoms with E-state index in [1.807, 2.05) is 18.2 Å². The molecular weight excluding hydrogens is 241 g/mol. The zero-order valence-electron chi connectivity index (χ0n) is 10.9. The molecule has 19 heavy (non-hydrogen) atoms. The molecule has 0 radical (unpaired) electrons. The van der Waals surface area contributed by atoms with E-state index in [0.717, 1.165) is 5.56 Å². The lowest BCUT2D eigenvalue weighted by Gasteiger charge is -2.08. The van der Waals surface area contributed by atoms with Crippen LogP contribution in [0, 0.1) is 31.0 Å². The number of nitriles is 1. The molecule has 2 aromatic rings. The summed E-state index contributed by atoms with van der Waals surface area (Å²) in [6.07, 6.45) is 1.52. The van der Waals surface area contributed by atoms with Crippen molar-refractivity contribution in [1.29, 1.82) is 5.26 Å². The Hall–Kier alpha value is -2.41. The molecule has 96 valence electrons. The highest BCUT2D eigenvalue weighted by Gasteiger charge is 2.04. The van der Waals surface area contributed by atoms with Crippen LogP contribution in [0.3, 0.4) is 0 Å². The molecule has 0 aliphatic carbocycles. The molecule has 0 spiro atoms. The van der Waals surface area contributed by atoms with Crippen LogP contribution in [0.1, 0.15) is 22.3 Å². The van der Waals surface area contributed by atoms with E-state index < -0.39 is 0 Å². The van der Waals surface area contributed by atoms with Crippen molar-refractivity contribution in [3.8, 4) is 6.07 Å². The lowest BCUT2D eigenvalue weighted by molar-refractivity contribution is 0.608. The van der Waals surface area contributed by atoms with Gasteiger partial charge in [-0.25, -0.2) is 9.37 Å². The molecule has 0 aliphatic heterocycles. The summed E-state index contributed by atoms with van der Waals surface area (Å²) in [7, 11) is 0. The third-order valence-electron chi connectivity index (χ3n) is 2.86. The van der Waals surface area contributed by atoms with E-state index >= 15 is 0 Å². The van der Waals surface area contributed by atoms with Crippen molar-refractivity contribution in [3.05, 3.63) is 58.5 Å². The van der Waals surface area contributed by atoms with Gasteiger partial charge in [0.25, 0.3) is 0 Å². The van der Waals surface area contributed by atoms with Crippen LogP contribution >= 0.6 is 0 Å². The largest absolute Gasteiger partial charge is 0.366 e. The van der Waals surface area contributed by atoms with E-state index in [1.165, 1.54) is 6.20 Å². The molecule has 0 bridgehead atoms. The average molecular weight is 255 g/mol. The molecule has 0 saturated heterocycles. The van der Waals surface area contributed by atoms with Gasteiger partial charge in [0, 0.05) is 12.7 Å². The summed E-state index contributed by atoms with van der Waals surface area (Å²) in [6.45, 7) is 4.08. The van der Waals surface area contributed by atoms with E-state index in [2.05, 4.69) is 10.3 Å². The summed E-state index contributed by atoms with van der Waals surface area (Å²) in [6, 6.07) is 9.11. The Balaban J connectivity index is 2.08. The molecular formula is C15H14FN3. The Morgan fingerprint density at radius 2 is 1.95 bits per heavy atom. The number of aromatic nitrogens is 1. The molecule has 1 N–H and O–H groups in total. The van der Waals surface area contributed by atoms with Crippen molar-refractivity contribution in [2.75, 3.05) is 5.32 Å². The number of pyridine rings is 1. The maximum Gasteiger partial charge on any atom is 0.129 e. The van der Waals surface area contributed by atoms with Gasteiger partial charge in [-0.05, 0) is 42.7 Å². The van der Waals surface area contributed by atoms with Gasteiger partial charge >= 0.3 is 0 Å². The highest BCUT2D eigenvalue weighted by Crippen LogP contribution is 2.15. The molecule has 2 rings (SSSR count). The normalized spacial score (nSPS) is 10.0. The number of aryl methyl sites for hydroxylation is 2. The SMILES string of the molecule is Cc1cc(CNc2ccc(C#N)cn2)cc(C)c1F. The fourth-order valence-corrected chi connectivity index (χ4v) is 1.89. The highest BCUT2D eigenvalue weighted by atomic mass is 19.1. The molecule has 0 aliphatic rings. The van der Waals surface area contributed by atoms with Gasteiger partial charge in [0.15, 0.2) is 0 Å².